The van der Waals surface area contributed by atoms with E-state index in [-0.39, 0.29) is 55.8 Å². The molecular formula is C64H115N11O12. The lowest BCUT2D eigenvalue weighted by Crippen LogP contribution is -2.63. The van der Waals surface area contributed by atoms with Crippen LogP contribution in [0.3, 0.4) is 0 Å². The molecule has 0 aromatic carbocycles. The van der Waals surface area contributed by atoms with E-state index in [9.17, 15) is 43.5 Å². The van der Waals surface area contributed by atoms with E-state index < -0.39 is 162 Å². The van der Waals surface area contributed by atoms with Crippen molar-refractivity contribution in [2.75, 3.05) is 55.9 Å². The highest BCUT2D eigenvalue weighted by Gasteiger charge is 2.46. The molecule has 0 spiro atoms. The third kappa shape index (κ3) is 22.1. The number of hydrogen-bond acceptors (Lipinski definition) is 12. The first-order valence-corrected chi connectivity index (χ1v) is 31.5. The Balaban J connectivity index is 4.40. The highest BCUT2D eigenvalue weighted by molar-refractivity contribution is 5.99. The summed E-state index contributed by atoms with van der Waals surface area (Å²) in [4.78, 5) is 170. The van der Waals surface area contributed by atoms with Crippen LogP contribution in [0.15, 0.2) is 12.2 Å². The second-order valence-electron chi connectivity index (χ2n) is 27.1. The first-order valence-electron chi connectivity index (χ1n) is 31.5. The minimum atomic E-state index is -1.61. The molecule has 0 bridgehead atoms. The van der Waals surface area contributed by atoms with E-state index in [0.29, 0.717) is 6.42 Å². The van der Waals surface area contributed by atoms with Gasteiger partial charge in [0.05, 0.1) is 12.6 Å². The number of aliphatic hydroxyl groups excluding tert-OH is 1. The van der Waals surface area contributed by atoms with E-state index in [2.05, 4.69) is 21.3 Å². The number of hydrogen-bond donors (Lipinski definition) is 5. The van der Waals surface area contributed by atoms with Crippen molar-refractivity contribution < 1.29 is 57.8 Å². The van der Waals surface area contributed by atoms with Gasteiger partial charge in [0.2, 0.25) is 65.0 Å². The molecule has 0 aliphatic carbocycles. The second-order valence-corrected chi connectivity index (χ2v) is 27.1. The van der Waals surface area contributed by atoms with Crippen LogP contribution in [0.4, 0.5) is 0 Å². The summed E-state index contributed by atoms with van der Waals surface area (Å²) in [5, 5.41) is 23.3. The molecule has 0 aromatic rings. The molecule has 0 radical (unpaired) electrons. The maximum Gasteiger partial charge on any atom is 0.246 e. The minimum absolute atomic E-state index is 0.0222. The summed E-state index contributed by atoms with van der Waals surface area (Å²) in [6, 6.07) is -12.4. The standard InChI is InChI=1S/C64H115N11O12/c1-26-28-29-42(17)54(77)53-58(81)66-44(27-2)59(82)69(19)34-49(76)70(20)45(30-35(3)4)57(80)68-51(40(13)14)62(85)71(21)46(31-36(5)6)56(79)65-43(18)55(78)67-50(39(11)12)63(86)73(23)47(32-37(7)8)60(83)72(22)48(33-38(9)10)61(84)74(24)52(41(15)16)64(87)75(53)25/h26,28,35-48,50-54,77H,27,29-34H2,1-25H3,(H,65,79)(H,66,81)(H,67,78)(H,68,80)/b28-26+/t42-,43+,44+,45+,46+,47+,48+,50+,51+,52+,53+,54-/m1/s1. The van der Waals surface area contributed by atoms with E-state index >= 15 is 14.4 Å². The summed E-state index contributed by atoms with van der Waals surface area (Å²) in [7, 11) is 9.97. The number of nitrogens with zero attached hydrogens (tertiary/aromatic N) is 7. The highest BCUT2D eigenvalue weighted by atomic mass is 16.3. The van der Waals surface area contributed by atoms with Crippen LogP contribution in [0.2, 0.25) is 0 Å². The number of amides is 11. The van der Waals surface area contributed by atoms with Crippen LogP contribution < -0.4 is 21.3 Å². The SMILES string of the molecule is C/C=C/C[C@@H](C)[C@@H](O)[C@H]1C(=O)N[C@@H](CC)C(=O)N(C)CC(=O)N(C)[C@@H](CC(C)C)C(=O)N[C@@H](C(C)C)C(=O)N(C)[C@@H](CC(C)C)C(=O)N[C@@H](C)C(=O)N[C@@H](C(C)C)C(=O)N(C)[C@@H](CC(C)C)C(=O)N(C)[C@@H](CC(C)C)C(=O)N(C)[C@@H](C(C)C)C(=O)N1C. The maximum atomic E-state index is 15.2. The third-order valence-electron chi connectivity index (χ3n) is 16.6. The Bertz CT molecular complexity index is 2380. The van der Waals surface area contributed by atoms with Crippen LogP contribution >= 0.6 is 0 Å². The van der Waals surface area contributed by atoms with Gasteiger partial charge in [-0.3, -0.25) is 52.7 Å². The van der Waals surface area contributed by atoms with Gasteiger partial charge in [-0.25, -0.2) is 0 Å². The van der Waals surface area contributed by atoms with Gasteiger partial charge < -0.3 is 60.7 Å². The molecule has 87 heavy (non-hydrogen) atoms. The Morgan fingerprint density at radius 2 is 0.828 bits per heavy atom. The number of carbonyl (C=O) groups excluding carboxylic acids is 11. The van der Waals surface area contributed by atoms with E-state index in [1.165, 1.54) is 80.8 Å². The summed E-state index contributed by atoms with van der Waals surface area (Å²) in [5.41, 5.74) is 0. The number of aliphatic hydroxyl groups is 1. The lowest BCUT2D eigenvalue weighted by molar-refractivity contribution is -0.157. The lowest BCUT2D eigenvalue weighted by atomic mass is 9.91. The Morgan fingerprint density at radius 1 is 0.448 bits per heavy atom. The van der Waals surface area contributed by atoms with Gasteiger partial charge >= 0.3 is 0 Å². The molecule has 5 N–H and O–H groups in total. The van der Waals surface area contributed by atoms with Crippen molar-refractivity contribution in [1.29, 1.82) is 0 Å². The van der Waals surface area contributed by atoms with Crippen molar-refractivity contribution in [3.63, 3.8) is 0 Å². The molecule has 11 amide bonds. The topological polar surface area (TPSA) is 279 Å². The van der Waals surface area contributed by atoms with Gasteiger partial charge in [0.15, 0.2) is 0 Å². The summed E-state index contributed by atoms with van der Waals surface area (Å²) < 4.78 is 0. The Kier molecular flexibility index (Phi) is 32.4. The van der Waals surface area contributed by atoms with E-state index in [1.807, 2.05) is 61.5 Å². The van der Waals surface area contributed by atoms with Crippen LogP contribution in [0.1, 0.15) is 163 Å². The van der Waals surface area contributed by atoms with Gasteiger partial charge in [-0.05, 0) is 99.7 Å². The van der Waals surface area contributed by atoms with Crippen LogP contribution in [0.25, 0.3) is 0 Å². The van der Waals surface area contributed by atoms with Gasteiger partial charge in [0.1, 0.15) is 60.4 Å². The predicted molar refractivity (Wildman–Crippen MR) is 338 cm³/mol. The van der Waals surface area contributed by atoms with E-state index in [0.717, 1.165) is 9.80 Å². The molecule has 1 rings (SSSR count). The molecule has 12 atom stereocenters. The predicted octanol–water partition coefficient (Wildman–Crippen LogP) is 3.91. The Hall–Kier alpha value is -6.13. The van der Waals surface area contributed by atoms with Crippen LogP contribution in [0.5, 0.6) is 0 Å². The highest BCUT2D eigenvalue weighted by Crippen LogP contribution is 2.26. The molecule has 23 heteroatoms. The molecule has 0 unspecified atom stereocenters. The summed E-state index contributed by atoms with van der Waals surface area (Å²) in [6.45, 7) is 31.4. The molecule has 0 aromatic heterocycles. The smallest absolute Gasteiger partial charge is 0.246 e. The fourth-order valence-electron chi connectivity index (χ4n) is 11.0. The first kappa shape index (κ1) is 78.9. The quantitative estimate of drug-likeness (QED) is 0.138. The third-order valence-corrected chi connectivity index (χ3v) is 16.6. The number of likely N-dealkylation sites (N-methyl/N-ethyl adjacent to an activating group) is 7. The van der Waals surface area contributed by atoms with Gasteiger partial charge in [0, 0.05) is 49.3 Å². The molecule has 1 aliphatic heterocycles. The average molecular weight is 1230 g/mol. The van der Waals surface area contributed by atoms with Gasteiger partial charge in [-0.15, -0.1) is 0 Å². The van der Waals surface area contributed by atoms with Crippen molar-refractivity contribution in [2.45, 2.75) is 230 Å². The van der Waals surface area contributed by atoms with Crippen molar-refractivity contribution in [1.82, 2.24) is 55.6 Å². The Morgan fingerprint density at radius 3 is 1.24 bits per heavy atom. The maximum absolute atomic E-state index is 15.2. The normalized spacial score (nSPS) is 26.6. The molecule has 1 aliphatic rings. The zero-order chi connectivity index (χ0) is 67.6. The van der Waals surface area contributed by atoms with Crippen LogP contribution in [-0.4, -0.2) is 227 Å². The number of carbonyl (C=O) groups is 11. The fourth-order valence-corrected chi connectivity index (χ4v) is 11.0. The second kappa shape index (κ2) is 35.8. The monoisotopic (exact) mass is 1230 g/mol. The van der Waals surface area contributed by atoms with E-state index in [1.54, 1.807) is 68.4 Å². The van der Waals surface area contributed by atoms with Crippen molar-refractivity contribution >= 4 is 65.0 Å². The molecular weight excluding hydrogens is 1110 g/mol. The van der Waals surface area contributed by atoms with Crippen LogP contribution in [0, 0.1) is 47.3 Å². The number of allylic oxidation sites excluding steroid dienone is 2. The molecule has 1 fully saturated rings. The van der Waals surface area contributed by atoms with Crippen LogP contribution in [-0.2, 0) is 52.7 Å². The van der Waals surface area contributed by atoms with E-state index in [4.69, 9.17) is 0 Å². The minimum Gasteiger partial charge on any atom is -0.390 e. The zero-order valence-electron chi connectivity index (χ0n) is 57.6. The first-order chi connectivity index (χ1) is 40.1. The van der Waals surface area contributed by atoms with Crippen molar-refractivity contribution in [2.24, 2.45) is 47.3 Å². The summed E-state index contributed by atoms with van der Waals surface area (Å²) >= 11 is 0. The molecule has 498 valence electrons. The molecule has 0 saturated carbocycles. The molecule has 1 heterocycles. The summed E-state index contributed by atoms with van der Waals surface area (Å²) in [5.74, 6) is -10.2. The summed E-state index contributed by atoms with van der Waals surface area (Å²) in [6.07, 6.45) is 3.04. The number of nitrogens with one attached hydrogen (secondary N) is 4. The largest absolute Gasteiger partial charge is 0.390 e. The van der Waals surface area contributed by atoms with Crippen molar-refractivity contribution in [3.8, 4) is 0 Å². The van der Waals surface area contributed by atoms with Gasteiger partial charge in [-0.1, -0.05) is 123 Å². The average Bonchev–Trinajstić information content (AvgIpc) is 1.14. The van der Waals surface area contributed by atoms with Crippen molar-refractivity contribution in [3.05, 3.63) is 12.2 Å². The Labute approximate surface area is 521 Å². The molecule has 23 nitrogen and oxygen atoms in total. The lowest BCUT2D eigenvalue weighted by Gasteiger charge is -2.41. The van der Waals surface area contributed by atoms with Gasteiger partial charge in [-0.2, -0.15) is 0 Å². The molecule has 1 saturated heterocycles. The fraction of sp³-hybridized carbons (Fsp3) is 0.797. The zero-order valence-corrected chi connectivity index (χ0v) is 57.6. The van der Waals surface area contributed by atoms with Gasteiger partial charge in [0.25, 0.3) is 0 Å². The number of rotatable bonds is 16.